The van der Waals surface area contributed by atoms with Gasteiger partial charge in [-0.15, -0.1) is 11.3 Å². The average Bonchev–Trinajstić information content (AvgIpc) is 3.45. The zero-order valence-electron chi connectivity index (χ0n) is 16.4. The first-order valence-corrected chi connectivity index (χ1v) is 10.8. The molecule has 0 saturated carbocycles. The Balaban J connectivity index is 1.43. The van der Waals surface area contributed by atoms with Crippen LogP contribution in [0.4, 0.5) is 0 Å². The summed E-state index contributed by atoms with van der Waals surface area (Å²) < 4.78 is 1.90. The van der Waals surface area contributed by atoms with Gasteiger partial charge in [0.15, 0.2) is 0 Å². The van der Waals surface area contributed by atoms with Gasteiger partial charge >= 0.3 is 0 Å². The van der Waals surface area contributed by atoms with Crippen molar-refractivity contribution < 1.29 is 9.69 Å². The number of hydrogen-bond donors (Lipinski definition) is 2. The number of rotatable bonds is 6. The minimum Gasteiger partial charge on any atom is -0.346 e. The van der Waals surface area contributed by atoms with Gasteiger partial charge in [-0.1, -0.05) is 6.07 Å². The predicted octanol–water partition coefficient (Wildman–Crippen LogP) is 2.70. The van der Waals surface area contributed by atoms with Crippen LogP contribution in [-0.4, -0.2) is 35.3 Å². The second-order valence-corrected chi connectivity index (χ2v) is 8.51. The summed E-state index contributed by atoms with van der Waals surface area (Å²) >= 11 is 1.79. The maximum absolute atomic E-state index is 12.7. The molecule has 0 spiro atoms. The van der Waals surface area contributed by atoms with E-state index in [1.54, 1.807) is 16.2 Å². The highest BCUT2D eigenvalue weighted by atomic mass is 32.1. The molecule has 1 aliphatic heterocycles. The fraction of sp³-hybridized carbons (Fsp3) is 0.364. The van der Waals surface area contributed by atoms with Crippen LogP contribution in [0.2, 0.25) is 0 Å². The van der Waals surface area contributed by atoms with E-state index in [9.17, 15) is 4.79 Å². The van der Waals surface area contributed by atoms with Gasteiger partial charge in [0.05, 0.1) is 35.9 Å². The molecule has 3 heterocycles. The highest BCUT2D eigenvalue weighted by Crippen LogP contribution is 2.18. The lowest BCUT2D eigenvalue weighted by atomic mass is 10.1. The lowest BCUT2D eigenvalue weighted by Crippen LogP contribution is -3.11. The maximum atomic E-state index is 12.7. The summed E-state index contributed by atoms with van der Waals surface area (Å²) in [7, 11) is 0. The molecule has 0 bridgehead atoms. The van der Waals surface area contributed by atoms with Crippen molar-refractivity contribution in [1.82, 2.24) is 15.1 Å². The molecule has 0 aliphatic carbocycles. The third kappa shape index (κ3) is 4.03. The molecule has 1 aromatic carbocycles. The second kappa shape index (κ2) is 8.29. The van der Waals surface area contributed by atoms with Gasteiger partial charge in [-0.05, 0) is 55.6 Å². The summed E-state index contributed by atoms with van der Waals surface area (Å²) in [5.74, 6) is -0.0138. The zero-order valence-corrected chi connectivity index (χ0v) is 17.3. The van der Waals surface area contributed by atoms with Gasteiger partial charge in [0.25, 0.3) is 5.91 Å². The van der Waals surface area contributed by atoms with Crippen LogP contribution in [0.25, 0.3) is 5.69 Å². The molecular weight excluding hydrogens is 368 g/mol. The monoisotopic (exact) mass is 395 g/mol. The van der Waals surface area contributed by atoms with E-state index < -0.39 is 0 Å². The van der Waals surface area contributed by atoms with E-state index in [1.807, 2.05) is 48.9 Å². The minimum absolute atomic E-state index is 0.0138. The van der Waals surface area contributed by atoms with Crippen molar-refractivity contribution in [2.45, 2.75) is 32.7 Å². The van der Waals surface area contributed by atoms with Crippen molar-refractivity contribution >= 4 is 17.2 Å². The molecule has 1 saturated heterocycles. The largest absolute Gasteiger partial charge is 0.346 e. The first kappa shape index (κ1) is 18.9. The van der Waals surface area contributed by atoms with Crippen molar-refractivity contribution in [3.05, 3.63) is 69.7 Å². The van der Waals surface area contributed by atoms with Crippen LogP contribution in [-0.2, 0) is 0 Å². The first-order valence-electron chi connectivity index (χ1n) is 9.92. The topological polar surface area (TPSA) is 51.4 Å². The van der Waals surface area contributed by atoms with Gasteiger partial charge in [0.1, 0.15) is 6.04 Å². The predicted molar refractivity (Wildman–Crippen MR) is 112 cm³/mol. The van der Waals surface area contributed by atoms with E-state index >= 15 is 0 Å². The van der Waals surface area contributed by atoms with E-state index in [1.165, 1.54) is 30.8 Å². The Morgan fingerprint density at radius 2 is 1.96 bits per heavy atom. The number of carbonyl (C=O) groups is 1. The summed E-state index contributed by atoms with van der Waals surface area (Å²) in [5.41, 5.74) is 3.73. The van der Waals surface area contributed by atoms with Crippen LogP contribution in [0.5, 0.6) is 0 Å². The molecule has 28 heavy (non-hydrogen) atoms. The Morgan fingerprint density at radius 3 is 2.57 bits per heavy atom. The average molecular weight is 396 g/mol. The van der Waals surface area contributed by atoms with Crippen LogP contribution < -0.4 is 10.2 Å². The molecule has 0 unspecified atom stereocenters. The lowest BCUT2D eigenvalue weighted by Gasteiger charge is -2.24. The number of likely N-dealkylation sites (tertiary alicyclic amines) is 1. The highest BCUT2D eigenvalue weighted by Gasteiger charge is 2.28. The van der Waals surface area contributed by atoms with Gasteiger partial charge in [0.2, 0.25) is 0 Å². The molecule has 6 heteroatoms. The van der Waals surface area contributed by atoms with E-state index in [0.717, 1.165) is 17.1 Å². The molecule has 1 fully saturated rings. The van der Waals surface area contributed by atoms with Gasteiger partial charge in [0, 0.05) is 24.1 Å². The van der Waals surface area contributed by atoms with Crippen molar-refractivity contribution in [2.24, 2.45) is 0 Å². The van der Waals surface area contributed by atoms with Crippen molar-refractivity contribution in [3.8, 4) is 5.69 Å². The molecule has 3 aromatic rings. The molecule has 5 nitrogen and oxygen atoms in total. The molecule has 2 N–H and O–H groups in total. The Bertz CT molecular complexity index is 924. The van der Waals surface area contributed by atoms with Crippen LogP contribution in [0.15, 0.2) is 47.8 Å². The molecule has 2 aromatic heterocycles. The molecular formula is C22H27N4OS+. The fourth-order valence-corrected chi connectivity index (χ4v) is 4.94. The van der Waals surface area contributed by atoms with Gasteiger partial charge in [-0.25, -0.2) is 4.68 Å². The number of benzene rings is 1. The zero-order chi connectivity index (χ0) is 19.5. The molecule has 4 rings (SSSR count). The van der Waals surface area contributed by atoms with Gasteiger partial charge < -0.3 is 10.2 Å². The molecule has 1 amide bonds. The quantitative estimate of drug-likeness (QED) is 0.674. The Hall–Kier alpha value is -2.44. The maximum Gasteiger partial charge on any atom is 0.251 e. The summed E-state index contributed by atoms with van der Waals surface area (Å²) in [5, 5.41) is 9.79. The summed E-state index contributed by atoms with van der Waals surface area (Å²) in [6.45, 7) is 7.07. The number of hydrogen-bond acceptors (Lipinski definition) is 3. The van der Waals surface area contributed by atoms with Crippen molar-refractivity contribution in [2.75, 3.05) is 19.6 Å². The molecule has 0 radical (unpaired) electrons. The Morgan fingerprint density at radius 1 is 1.21 bits per heavy atom. The second-order valence-electron chi connectivity index (χ2n) is 7.53. The number of aryl methyl sites for hydroxylation is 2. The van der Waals surface area contributed by atoms with Crippen LogP contribution in [0, 0.1) is 13.8 Å². The number of nitrogens with one attached hydrogen (secondary N) is 2. The number of amides is 1. The van der Waals surface area contributed by atoms with E-state index in [2.05, 4.69) is 27.9 Å². The van der Waals surface area contributed by atoms with Crippen molar-refractivity contribution in [3.63, 3.8) is 0 Å². The molecule has 1 aliphatic rings. The Labute approximate surface area is 170 Å². The fourth-order valence-electron chi connectivity index (χ4n) is 4.05. The SMILES string of the molecule is Cc1cc(C)n(-c2ccc(C(=O)NC[C@H](c3cccs3)[NH+]3CCCC3)cc2)n1. The smallest absolute Gasteiger partial charge is 0.251 e. The van der Waals surface area contributed by atoms with Crippen LogP contribution in [0.3, 0.4) is 0 Å². The minimum atomic E-state index is -0.0138. The number of thiophene rings is 1. The van der Waals surface area contributed by atoms with E-state index in [0.29, 0.717) is 18.2 Å². The summed E-state index contributed by atoms with van der Waals surface area (Å²) in [6.07, 6.45) is 2.55. The highest BCUT2D eigenvalue weighted by molar-refractivity contribution is 7.10. The number of carbonyl (C=O) groups excluding carboxylic acids is 1. The van der Waals surface area contributed by atoms with Crippen LogP contribution in [0.1, 0.15) is 45.5 Å². The third-order valence-corrected chi connectivity index (χ3v) is 6.46. The number of nitrogens with zero attached hydrogens (tertiary/aromatic N) is 2. The summed E-state index contributed by atoms with van der Waals surface area (Å²) in [6, 6.07) is 14.4. The van der Waals surface area contributed by atoms with Crippen molar-refractivity contribution in [1.29, 1.82) is 0 Å². The van der Waals surface area contributed by atoms with E-state index in [-0.39, 0.29) is 5.91 Å². The van der Waals surface area contributed by atoms with E-state index in [4.69, 9.17) is 0 Å². The number of aromatic nitrogens is 2. The first-order chi connectivity index (χ1) is 13.6. The normalized spacial score (nSPS) is 15.6. The van der Waals surface area contributed by atoms with Gasteiger partial charge in [-0.2, -0.15) is 5.10 Å². The number of quaternary nitrogens is 1. The summed E-state index contributed by atoms with van der Waals surface area (Å²) in [4.78, 5) is 15.7. The standard InChI is InChI=1S/C22H26N4OS/c1-16-14-17(2)26(24-16)19-9-7-18(8-10-19)22(27)23-15-20(21-6-5-13-28-21)25-11-3-4-12-25/h5-10,13-14,20H,3-4,11-12,15H2,1-2H3,(H,23,27)/p+1/t20-/m1/s1. The van der Waals surface area contributed by atoms with Gasteiger partial charge in [-0.3, -0.25) is 4.79 Å². The molecule has 146 valence electrons. The third-order valence-electron chi connectivity index (χ3n) is 5.48. The lowest BCUT2D eigenvalue weighted by molar-refractivity contribution is -0.918. The molecule has 1 atom stereocenters. The van der Waals surface area contributed by atoms with Crippen LogP contribution >= 0.6 is 11.3 Å². The Kier molecular flexibility index (Phi) is 5.59.